The van der Waals surface area contributed by atoms with Crippen LogP contribution in [0.4, 0.5) is 5.69 Å². The third kappa shape index (κ3) is 1.59. The van der Waals surface area contributed by atoms with Gasteiger partial charge in [-0.25, -0.2) is 0 Å². The zero-order chi connectivity index (χ0) is 10.3. The monoisotopic (exact) mass is 229 g/mol. The molecule has 2 rings (SSSR count). The molecule has 0 bridgehead atoms. The van der Waals surface area contributed by atoms with E-state index in [1.165, 1.54) is 5.56 Å². The van der Waals surface area contributed by atoms with Crippen LogP contribution in [0.1, 0.15) is 25.8 Å². The minimum Gasteiger partial charge on any atom is -0.385 e. The fourth-order valence-electron chi connectivity index (χ4n) is 2.04. The van der Waals surface area contributed by atoms with Crippen LogP contribution in [0.2, 0.25) is 10.0 Å². The van der Waals surface area contributed by atoms with E-state index in [9.17, 15) is 0 Å². The van der Waals surface area contributed by atoms with Crippen molar-refractivity contribution in [3.8, 4) is 0 Å². The predicted molar refractivity (Wildman–Crippen MR) is 62.6 cm³/mol. The highest BCUT2D eigenvalue weighted by Gasteiger charge is 2.29. The fraction of sp³-hybridized carbons (Fsp3) is 0.455. The number of rotatable bonds is 0. The lowest BCUT2D eigenvalue weighted by molar-refractivity contribution is 0.482. The number of hydrogen-bond donors (Lipinski definition) is 1. The molecular formula is C11H13Cl2N. The van der Waals surface area contributed by atoms with E-state index in [-0.39, 0.29) is 5.41 Å². The Morgan fingerprint density at radius 1 is 1.29 bits per heavy atom. The quantitative estimate of drug-likeness (QED) is 0.707. The minimum absolute atomic E-state index is 0.141. The van der Waals surface area contributed by atoms with Crippen LogP contribution in [0.15, 0.2) is 12.1 Å². The molecule has 1 nitrogen and oxygen atoms in total. The lowest BCUT2D eigenvalue weighted by Crippen LogP contribution is -2.28. The summed E-state index contributed by atoms with van der Waals surface area (Å²) in [6.45, 7) is 5.41. The molecule has 1 aliphatic rings. The number of fused-ring (bicyclic) bond motifs is 1. The first-order valence-electron chi connectivity index (χ1n) is 4.74. The van der Waals surface area contributed by atoms with Crippen LogP contribution in [-0.2, 0) is 5.41 Å². The number of anilines is 1. The molecule has 0 aromatic heterocycles. The Bertz CT molecular complexity index is 372. The summed E-state index contributed by atoms with van der Waals surface area (Å²) >= 11 is 12.2. The van der Waals surface area contributed by atoms with Gasteiger partial charge in [0.05, 0.1) is 0 Å². The molecule has 3 heteroatoms. The Hall–Kier alpha value is -0.400. The third-order valence-corrected chi connectivity index (χ3v) is 3.31. The summed E-state index contributed by atoms with van der Waals surface area (Å²) in [7, 11) is 0. The summed E-state index contributed by atoms with van der Waals surface area (Å²) in [5, 5.41) is 4.79. The normalized spacial score (nSPS) is 18.6. The van der Waals surface area contributed by atoms with Crippen molar-refractivity contribution in [1.29, 1.82) is 0 Å². The summed E-state index contributed by atoms with van der Waals surface area (Å²) in [4.78, 5) is 0. The minimum atomic E-state index is 0.141. The highest BCUT2D eigenvalue weighted by molar-refractivity contribution is 6.35. The van der Waals surface area contributed by atoms with E-state index in [2.05, 4.69) is 19.2 Å². The smallest absolute Gasteiger partial charge is 0.0478 e. The Balaban J connectivity index is 2.63. The van der Waals surface area contributed by atoms with E-state index in [0.29, 0.717) is 5.02 Å². The van der Waals surface area contributed by atoms with E-state index in [0.717, 1.165) is 23.7 Å². The van der Waals surface area contributed by atoms with Gasteiger partial charge >= 0.3 is 0 Å². The lowest BCUT2D eigenvalue weighted by Gasteiger charge is -2.34. The molecule has 1 aromatic rings. The van der Waals surface area contributed by atoms with Crippen molar-refractivity contribution >= 4 is 28.9 Å². The Kier molecular flexibility index (Phi) is 2.40. The first-order valence-corrected chi connectivity index (χ1v) is 5.50. The summed E-state index contributed by atoms with van der Waals surface area (Å²) in [5.74, 6) is 0. The van der Waals surface area contributed by atoms with Crippen LogP contribution in [0.5, 0.6) is 0 Å². The van der Waals surface area contributed by atoms with E-state index < -0.39 is 0 Å². The predicted octanol–water partition coefficient (Wildman–Crippen LogP) is 4.09. The van der Waals surface area contributed by atoms with Gasteiger partial charge in [-0.3, -0.25) is 0 Å². The van der Waals surface area contributed by atoms with Gasteiger partial charge in [0, 0.05) is 22.3 Å². The first kappa shape index (κ1) is 10.1. The van der Waals surface area contributed by atoms with Gasteiger partial charge in [0.25, 0.3) is 0 Å². The molecule has 0 spiro atoms. The SMILES string of the molecule is CC1(C)CCNc2cc(Cl)cc(Cl)c21. The van der Waals surface area contributed by atoms with Gasteiger partial charge in [0.2, 0.25) is 0 Å². The summed E-state index contributed by atoms with van der Waals surface area (Å²) < 4.78 is 0. The molecule has 0 saturated carbocycles. The average Bonchev–Trinajstić information content (AvgIpc) is 2.00. The van der Waals surface area contributed by atoms with Gasteiger partial charge in [-0.2, -0.15) is 0 Å². The summed E-state index contributed by atoms with van der Waals surface area (Å²) in [6, 6.07) is 3.76. The maximum absolute atomic E-state index is 6.21. The van der Waals surface area contributed by atoms with E-state index in [1.54, 1.807) is 0 Å². The van der Waals surface area contributed by atoms with E-state index >= 15 is 0 Å². The van der Waals surface area contributed by atoms with Crippen molar-refractivity contribution < 1.29 is 0 Å². The van der Waals surface area contributed by atoms with Gasteiger partial charge in [0.1, 0.15) is 0 Å². The second-order valence-electron chi connectivity index (χ2n) is 4.37. The molecular weight excluding hydrogens is 217 g/mol. The molecule has 1 aromatic carbocycles. The Labute approximate surface area is 94.4 Å². The molecule has 0 fully saturated rings. The van der Waals surface area contributed by atoms with Gasteiger partial charge in [0.15, 0.2) is 0 Å². The van der Waals surface area contributed by atoms with Crippen molar-refractivity contribution in [2.24, 2.45) is 0 Å². The average molecular weight is 230 g/mol. The van der Waals surface area contributed by atoms with Crippen LogP contribution in [0.3, 0.4) is 0 Å². The van der Waals surface area contributed by atoms with Crippen molar-refractivity contribution in [2.75, 3.05) is 11.9 Å². The van der Waals surface area contributed by atoms with Crippen LogP contribution in [-0.4, -0.2) is 6.54 Å². The fourth-order valence-corrected chi connectivity index (χ4v) is 2.78. The molecule has 1 N–H and O–H groups in total. The van der Waals surface area contributed by atoms with Crippen LogP contribution < -0.4 is 5.32 Å². The van der Waals surface area contributed by atoms with Crippen LogP contribution in [0.25, 0.3) is 0 Å². The zero-order valence-electron chi connectivity index (χ0n) is 8.32. The molecule has 14 heavy (non-hydrogen) atoms. The van der Waals surface area contributed by atoms with Crippen molar-refractivity contribution in [3.63, 3.8) is 0 Å². The van der Waals surface area contributed by atoms with Crippen molar-refractivity contribution in [3.05, 3.63) is 27.7 Å². The standard InChI is InChI=1S/C11H13Cl2N/c1-11(2)3-4-14-9-6-7(12)5-8(13)10(9)11/h5-6,14H,3-4H2,1-2H3. The molecule has 1 heterocycles. The first-order chi connectivity index (χ1) is 6.50. The van der Waals surface area contributed by atoms with E-state index in [1.807, 2.05) is 12.1 Å². The van der Waals surface area contributed by atoms with Gasteiger partial charge in [-0.1, -0.05) is 37.0 Å². The second-order valence-corrected chi connectivity index (χ2v) is 5.21. The van der Waals surface area contributed by atoms with Crippen LogP contribution in [0, 0.1) is 0 Å². The third-order valence-electron chi connectivity index (χ3n) is 2.80. The number of benzene rings is 1. The topological polar surface area (TPSA) is 12.0 Å². The van der Waals surface area contributed by atoms with Crippen molar-refractivity contribution in [2.45, 2.75) is 25.7 Å². The molecule has 0 radical (unpaired) electrons. The molecule has 0 saturated heterocycles. The highest BCUT2D eigenvalue weighted by atomic mass is 35.5. The number of nitrogens with one attached hydrogen (secondary N) is 1. The maximum atomic E-state index is 6.21. The van der Waals surface area contributed by atoms with Gasteiger partial charge in [-0.15, -0.1) is 0 Å². The molecule has 0 aliphatic carbocycles. The molecule has 1 aliphatic heterocycles. The van der Waals surface area contributed by atoms with Crippen molar-refractivity contribution in [1.82, 2.24) is 0 Å². The lowest BCUT2D eigenvalue weighted by atomic mass is 9.78. The molecule has 76 valence electrons. The van der Waals surface area contributed by atoms with Gasteiger partial charge < -0.3 is 5.32 Å². The van der Waals surface area contributed by atoms with Gasteiger partial charge in [-0.05, 0) is 29.5 Å². The molecule has 0 atom stereocenters. The Morgan fingerprint density at radius 2 is 2.00 bits per heavy atom. The highest BCUT2D eigenvalue weighted by Crippen LogP contribution is 2.42. The van der Waals surface area contributed by atoms with E-state index in [4.69, 9.17) is 23.2 Å². The number of halogens is 2. The number of hydrogen-bond acceptors (Lipinski definition) is 1. The zero-order valence-corrected chi connectivity index (χ0v) is 9.84. The molecule has 0 amide bonds. The second kappa shape index (κ2) is 3.32. The summed E-state index contributed by atoms with van der Waals surface area (Å²) in [6.07, 6.45) is 1.10. The Morgan fingerprint density at radius 3 is 2.71 bits per heavy atom. The maximum Gasteiger partial charge on any atom is 0.0478 e. The van der Waals surface area contributed by atoms with Crippen LogP contribution >= 0.6 is 23.2 Å². The molecule has 0 unspecified atom stereocenters. The summed E-state index contributed by atoms with van der Waals surface area (Å²) in [5.41, 5.74) is 2.41. The largest absolute Gasteiger partial charge is 0.385 e.